The molecular weight excluding hydrogens is 300 g/mol. The molecule has 2 rings (SSSR count). The van der Waals surface area contributed by atoms with Gasteiger partial charge in [0.1, 0.15) is 11.5 Å². The van der Waals surface area contributed by atoms with Gasteiger partial charge in [-0.3, -0.25) is 0 Å². The van der Waals surface area contributed by atoms with Gasteiger partial charge in [0.2, 0.25) is 0 Å². The molecule has 0 aliphatic rings. The van der Waals surface area contributed by atoms with Gasteiger partial charge in [0.15, 0.2) is 0 Å². The van der Waals surface area contributed by atoms with Crippen LogP contribution in [-0.4, -0.2) is 30.9 Å². The highest BCUT2D eigenvalue weighted by molar-refractivity contribution is 7.11. The van der Waals surface area contributed by atoms with Crippen molar-refractivity contribution >= 4 is 11.3 Å². The summed E-state index contributed by atoms with van der Waals surface area (Å²) in [4.78, 5) is 5.60. The van der Waals surface area contributed by atoms with E-state index in [9.17, 15) is 5.11 Å². The maximum absolute atomic E-state index is 10.3. The third-order valence-electron chi connectivity index (χ3n) is 3.38. The van der Waals surface area contributed by atoms with E-state index in [0.717, 1.165) is 16.3 Å². The molecule has 1 heterocycles. The lowest BCUT2D eigenvalue weighted by molar-refractivity contribution is 0.173. The summed E-state index contributed by atoms with van der Waals surface area (Å²) in [6, 6.07) is 5.42. The Hall–Kier alpha value is -1.63. The first-order valence-corrected chi connectivity index (χ1v) is 7.89. The topological polar surface area (TPSA) is 63.6 Å². The standard InChI is InChI=1S/C16H22N2O3S/c1-10-16(22-11(2)18-10)9-17-8-15(19)12-5-13(20-3)7-14(6-12)21-4/h5-7,15,17,19H,8-9H2,1-4H3. The van der Waals surface area contributed by atoms with Gasteiger partial charge in [-0.2, -0.15) is 0 Å². The number of nitrogens with one attached hydrogen (secondary N) is 1. The lowest BCUT2D eigenvalue weighted by Gasteiger charge is -2.14. The number of thiazole rings is 1. The van der Waals surface area contributed by atoms with Crippen LogP contribution >= 0.6 is 11.3 Å². The Kier molecular flexibility index (Phi) is 5.76. The van der Waals surface area contributed by atoms with E-state index in [1.165, 1.54) is 4.88 Å². The van der Waals surface area contributed by atoms with Gasteiger partial charge >= 0.3 is 0 Å². The maximum atomic E-state index is 10.3. The molecule has 1 atom stereocenters. The van der Waals surface area contributed by atoms with Crippen molar-refractivity contribution < 1.29 is 14.6 Å². The fraction of sp³-hybridized carbons (Fsp3) is 0.438. The molecule has 5 nitrogen and oxygen atoms in total. The van der Waals surface area contributed by atoms with E-state index in [1.807, 2.05) is 26.0 Å². The SMILES string of the molecule is COc1cc(OC)cc(C(O)CNCc2sc(C)nc2C)c1. The van der Waals surface area contributed by atoms with Crippen LogP contribution in [0.15, 0.2) is 18.2 Å². The molecule has 0 saturated heterocycles. The van der Waals surface area contributed by atoms with Crippen LogP contribution in [0, 0.1) is 13.8 Å². The second-order valence-electron chi connectivity index (χ2n) is 5.03. The number of methoxy groups -OCH3 is 2. The number of hydrogen-bond acceptors (Lipinski definition) is 6. The predicted octanol–water partition coefficient (Wildman–Crippen LogP) is 2.60. The highest BCUT2D eigenvalue weighted by atomic mass is 32.1. The Bertz CT molecular complexity index is 606. The summed E-state index contributed by atoms with van der Waals surface area (Å²) in [5.74, 6) is 1.34. The molecular formula is C16H22N2O3S. The fourth-order valence-electron chi connectivity index (χ4n) is 2.20. The third-order valence-corrected chi connectivity index (χ3v) is 4.45. The highest BCUT2D eigenvalue weighted by Gasteiger charge is 2.12. The minimum absolute atomic E-state index is 0.451. The van der Waals surface area contributed by atoms with Crippen molar-refractivity contribution in [1.82, 2.24) is 10.3 Å². The molecule has 0 bridgehead atoms. The Morgan fingerprint density at radius 2 is 1.82 bits per heavy atom. The molecule has 2 aromatic rings. The zero-order valence-electron chi connectivity index (χ0n) is 13.3. The third kappa shape index (κ3) is 4.19. The molecule has 1 aromatic carbocycles. The molecule has 22 heavy (non-hydrogen) atoms. The van der Waals surface area contributed by atoms with Crippen molar-refractivity contribution in [2.45, 2.75) is 26.5 Å². The molecule has 0 amide bonds. The van der Waals surface area contributed by atoms with Gasteiger partial charge in [0, 0.05) is 24.0 Å². The molecule has 2 N–H and O–H groups in total. The van der Waals surface area contributed by atoms with Gasteiger partial charge < -0.3 is 19.9 Å². The number of nitrogens with zero attached hydrogens (tertiary/aromatic N) is 1. The molecule has 6 heteroatoms. The number of ether oxygens (including phenoxy) is 2. The van der Waals surface area contributed by atoms with E-state index >= 15 is 0 Å². The average Bonchev–Trinajstić information content (AvgIpc) is 2.84. The molecule has 120 valence electrons. The summed E-state index contributed by atoms with van der Waals surface area (Å²) in [6.07, 6.45) is -0.627. The number of benzene rings is 1. The van der Waals surface area contributed by atoms with Crippen LogP contribution in [0.2, 0.25) is 0 Å². The summed E-state index contributed by atoms with van der Waals surface area (Å²) >= 11 is 1.68. The van der Waals surface area contributed by atoms with Crippen molar-refractivity contribution in [1.29, 1.82) is 0 Å². The first-order chi connectivity index (χ1) is 10.5. The van der Waals surface area contributed by atoms with Crippen molar-refractivity contribution in [2.75, 3.05) is 20.8 Å². The van der Waals surface area contributed by atoms with Gasteiger partial charge in [-0.05, 0) is 31.5 Å². The number of aromatic nitrogens is 1. The summed E-state index contributed by atoms with van der Waals surface area (Å²) in [5.41, 5.74) is 1.81. The smallest absolute Gasteiger partial charge is 0.122 e. The first-order valence-electron chi connectivity index (χ1n) is 7.08. The molecule has 1 unspecified atom stereocenters. The predicted molar refractivity (Wildman–Crippen MR) is 87.8 cm³/mol. The molecule has 0 spiro atoms. The van der Waals surface area contributed by atoms with E-state index < -0.39 is 6.10 Å². The van der Waals surface area contributed by atoms with Crippen LogP contribution in [0.1, 0.15) is 27.2 Å². The quantitative estimate of drug-likeness (QED) is 0.820. The average molecular weight is 322 g/mol. The van der Waals surface area contributed by atoms with E-state index in [-0.39, 0.29) is 0 Å². The fourth-order valence-corrected chi connectivity index (χ4v) is 3.11. The van der Waals surface area contributed by atoms with Gasteiger partial charge in [-0.1, -0.05) is 0 Å². The number of aliphatic hydroxyl groups excluding tert-OH is 1. The van der Waals surface area contributed by atoms with Crippen molar-refractivity contribution in [3.8, 4) is 11.5 Å². The Balaban J connectivity index is 1.97. The lowest BCUT2D eigenvalue weighted by Crippen LogP contribution is -2.21. The number of rotatable bonds is 7. The van der Waals surface area contributed by atoms with Gasteiger partial charge in [0.25, 0.3) is 0 Å². The molecule has 0 radical (unpaired) electrons. The second kappa shape index (κ2) is 7.58. The van der Waals surface area contributed by atoms with Crippen molar-refractivity contribution in [3.05, 3.63) is 39.3 Å². The Morgan fingerprint density at radius 3 is 2.32 bits per heavy atom. The summed E-state index contributed by atoms with van der Waals surface area (Å²) < 4.78 is 10.4. The second-order valence-corrected chi connectivity index (χ2v) is 6.32. The summed E-state index contributed by atoms with van der Waals surface area (Å²) in [7, 11) is 3.19. The zero-order chi connectivity index (χ0) is 16.1. The van der Waals surface area contributed by atoms with E-state index in [4.69, 9.17) is 9.47 Å². The Labute approximate surface area is 134 Å². The number of aryl methyl sites for hydroxylation is 2. The lowest BCUT2D eigenvalue weighted by atomic mass is 10.1. The normalized spacial score (nSPS) is 12.2. The first kappa shape index (κ1) is 16.7. The van der Waals surface area contributed by atoms with Crippen molar-refractivity contribution in [2.24, 2.45) is 0 Å². The summed E-state index contributed by atoms with van der Waals surface area (Å²) in [5, 5.41) is 14.7. The van der Waals surface area contributed by atoms with Gasteiger partial charge in [-0.15, -0.1) is 11.3 Å². The largest absolute Gasteiger partial charge is 0.497 e. The van der Waals surface area contributed by atoms with E-state index in [0.29, 0.717) is 24.6 Å². The van der Waals surface area contributed by atoms with E-state index in [2.05, 4.69) is 10.3 Å². The van der Waals surface area contributed by atoms with Crippen LogP contribution in [0.5, 0.6) is 11.5 Å². The van der Waals surface area contributed by atoms with Crippen LogP contribution in [0.4, 0.5) is 0 Å². The molecule has 0 aliphatic heterocycles. The van der Waals surface area contributed by atoms with Crippen LogP contribution in [0.25, 0.3) is 0 Å². The minimum Gasteiger partial charge on any atom is -0.497 e. The molecule has 0 saturated carbocycles. The van der Waals surface area contributed by atoms with Crippen LogP contribution in [0.3, 0.4) is 0 Å². The van der Waals surface area contributed by atoms with Crippen LogP contribution < -0.4 is 14.8 Å². The maximum Gasteiger partial charge on any atom is 0.122 e. The molecule has 1 aromatic heterocycles. The molecule has 0 aliphatic carbocycles. The van der Waals surface area contributed by atoms with Gasteiger partial charge in [-0.25, -0.2) is 4.98 Å². The summed E-state index contributed by atoms with van der Waals surface area (Å²) in [6.45, 7) is 5.16. The minimum atomic E-state index is -0.627. The monoisotopic (exact) mass is 322 g/mol. The van der Waals surface area contributed by atoms with Gasteiger partial charge in [0.05, 0.1) is 31.0 Å². The number of hydrogen-bond donors (Lipinski definition) is 2. The Morgan fingerprint density at radius 1 is 1.18 bits per heavy atom. The highest BCUT2D eigenvalue weighted by Crippen LogP contribution is 2.26. The van der Waals surface area contributed by atoms with Crippen molar-refractivity contribution in [3.63, 3.8) is 0 Å². The molecule has 0 fully saturated rings. The number of aliphatic hydroxyl groups is 1. The van der Waals surface area contributed by atoms with E-state index in [1.54, 1.807) is 31.6 Å². The van der Waals surface area contributed by atoms with Crippen LogP contribution in [-0.2, 0) is 6.54 Å². The zero-order valence-corrected chi connectivity index (χ0v) is 14.2.